The number of fused-ring (bicyclic) bond motifs is 1. The maximum Gasteiger partial charge on any atom is 0.262 e. The number of ether oxygens (including phenoxy) is 2. The lowest BCUT2D eigenvalue weighted by Crippen LogP contribution is -2.32. The highest BCUT2D eigenvalue weighted by Crippen LogP contribution is 2.36. The monoisotopic (exact) mass is 430 g/mol. The fraction of sp³-hybridized carbons (Fsp3) is 0.409. The Morgan fingerprint density at radius 1 is 1.10 bits per heavy atom. The van der Waals surface area contributed by atoms with E-state index in [0.29, 0.717) is 30.0 Å². The van der Waals surface area contributed by atoms with Gasteiger partial charge in [0.15, 0.2) is 11.5 Å². The average molecular weight is 431 g/mol. The number of sulfonamides is 1. The van der Waals surface area contributed by atoms with Crippen LogP contribution in [0.15, 0.2) is 41.3 Å². The number of carbonyl (C=O) groups is 1. The zero-order chi connectivity index (χ0) is 21.3. The maximum atomic E-state index is 13.2. The summed E-state index contributed by atoms with van der Waals surface area (Å²) >= 11 is 0. The maximum absolute atomic E-state index is 13.2. The fourth-order valence-electron chi connectivity index (χ4n) is 4.29. The van der Waals surface area contributed by atoms with Crippen molar-refractivity contribution < 1.29 is 22.7 Å². The van der Waals surface area contributed by atoms with Gasteiger partial charge in [-0.3, -0.25) is 4.79 Å². The summed E-state index contributed by atoms with van der Waals surface area (Å²) in [6, 6.07) is 10.2. The molecule has 30 heavy (non-hydrogen) atoms. The number of hydrogen-bond acceptors (Lipinski definition) is 5. The normalized spacial score (nSPS) is 16.5. The molecular formula is C22H26N2O5S. The van der Waals surface area contributed by atoms with Crippen LogP contribution in [-0.4, -0.2) is 41.1 Å². The van der Waals surface area contributed by atoms with Crippen molar-refractivity contribution in [1.82, 2.24) is 4.72 Å². The second kappa shape index (κ2) is 8.28. The summed E-state index contributed by atoms with van der Waals surface area (Å²) in [7, 11) is -0.537. The fourth-order valence-corrected chi connectivity index (χ4v) is 5.64. The molecule has 7 nitrogen and oxygen atoms in total. The number of anilines is 1. The van der Waals surface area contributed by atoms with Gasteiger partial charge < -0.3 is 14.4 Å². The first kappa shape index (κ1) is 20.7. The predicted octanol–water partition coefficient (Wildman–Crippen LogP) is 3.13. The topological polar surface area (TPSA) is 84.9 Å². The van der Waals surface area contributed by atoms with Crippen LogP contribution in [0.3, 0.4) is 0 Å². The quantitative estimate of drug-likeness (QED) is 0.761. The Bertz CT molecular complexity index is 1060. The predicted molar refractivity (Wildman–Crippen MR) is 114 cm³/mol. The van der Waals surface area contributed by atoms with Gasteiger partial charge in [0.2, 0.25) is 10.0 Å². The second-order valence-electron chi connectivity index (χ2n) is 7.64. The molecule has 4 rings (SSSR count). The van der Waals surface area contributed by atoms with Gasteiger partial charge in [0.1, 0.15) is 0 Å². The van der Waals surface area contributed by atoms with Gasteiger partial charge in [-0.2, -0.15) is 0 Å². The van der Waals surface area contributed by atoms with Crippen LogP contribution < -0.4 is 19.1 Å². The Kier molecular flexibility index (Phi) is 5.71. The number of nitrogens with zero attached hydrogens (tertiary/aromatic N) is 1. The summed E-state index contributed by atoms with van der Waals surface area (Å²) in [4.78, 5) is 15.1. The van der Waals surface area contributed by atoms with Crippen molar-refractivity contribution in [3.05, 3.63) is 47.5 Å². The Morgan fingerprint density at radius 2 is 1.87 bits per heavy atom. The smallest absolute Gasteiger partial charge is 0.262 e. The number of hydrogen-bond donors (Lipinski definition) is 1. The summed E-state index contributed by atoms with van der Waals surface area (Å²) in [5.74, 6) is 0.671. The van der Waals surface area contributed by atoms with E-state index < -0.39 is 10.0 Å². The summed E-state index contributed by atoms with van der Waals surface area (Å²) in [6.45, 7) is 0.480. The van der Waals surface area contributed by atoms with Crippen molar-refractivity contribution >= 4 is 21.6 Å². The molecule has 160 valence electrons. The van der Waals surface area contributed by atoms with E-state index in [1.807, 2.05) is 0 Å². The molecule has 1 amide bonds. The number of para-hydroxylation sites is 1. The van der Waals surface area contributed by atoms with Crippen LogP contribution in [0.1, 0.15) is 41.6 Å². The second-order valence-corrected chi connectivity index (χ2v) is 9.36. The number of benzene rings is 2. The van der Waals surface area contributed by atoms with E-state index in [0.717, 1.165) is 36.9 Å². The van der Waals surface area contributed by atoms with Crippen molar-refractivity contribution in [2.45, 2.75) is 43.0 Å². The average Bonchev–Trinajstić information content (AvgIpc) is 3.41. The van der Waals surface area contributed by atoms with Gasteiger partial charge in [-0.15, -0.1) is 0 Å². The minimum Gasteiger partial charge on any atom is -0.493 e. The van der Waals surface area contributed by atoms with Crippen molar-refractivity contribution in [2.75, 3.05) is 25.7 Å². The number of nitrogens with one attached hydrogen (secondary N) is 1. The first-order valence-electron chi connectivity index (χ1n) is 10.1. The number of amides is 1. The minimum absolute atomic E-state index is 0.0156. The van der Waals surface area contributed by atoms with E-state index in [9.17, 15) is 13.2 Å². The van der Waals surface area contributed by atoms with E-state index >= 15 is 0 Å². The van der Waals surface area contributed by atoms with Crippen molar-refractivity contribution in [2.24, 2.45) is 0 Å². The van der Waals surface area contributed by atoms with Gasteiger partial charge in [0.05, 0.1) is 24.7 Å². The molecule has 0 spiro atoms. The van der Waals surface area contributed by atoms with Crippen LogP contribution >= 0.6 is 0 Å². The molecule has 0 radical (unpaired) electrons. The molecule has 1 N–H and O–H groups in total. The van der Waals surface area contributed by atoms with Gasteiger partial charge >= 0.3 is 0 Å². The van der Waals surface area contributed by atoms with E-state index in [1.54, 1.807) is 41.3 Å². The molecular weight excluding hydrogens is 404 g/mol. The first-order valence-corrected chi connectivity index (χ1v) is 11.6. The molecule has 0 unspecified atom stereocenters. The Morgan fingerprint density at radius 3 is 2.57 bits per heavy atom. The van der Waals surface area contributed by atoms with E-state index in [4.69, 9.17) is 9.47 Å². The van der Waals surface area contributed by atoms with Gasteiger partial charge in [0, 0.05) is 18.3 Å². The van der Waals surface area contributed by atoms with Crippen LogP contribution in [0, 0.1) is 0 Å². The molecule has 1 aliphatic carbocycles. The van der Waals surface area contributed by atoms with Gasteiger partial charge in [-0.05, 0) is 55.2 Å². The zero-order valence-corrected chi connectivity index (χ0v) is 18.0. The molecule has 2 aromatic rings. The van der Waals surface area contributed by atoms with Crippen molar-refractivity contribution in [3.8, 4) is 11.5 Å². The molecule has 0 bridgehead atoms. The highest BCUT2D eigenvalue weighted by atomic mass is 32.2. The molecule has 1 fully saturated rings. The molecule has 1 heterocycles. The lowest BCUT2D eigenvalue weighted by atomic mass is 10.1. The Balaban J connectivity index is 1.60. The largest absolute Gasteiger partial charge is 0.493 e. The number of methoxy groups -OCH3 is 2. The van der Waals surface area contributed by atoms with Crippen LogP contribution in [0.4, 0.5) is 5.69 Å². The molecule has 2 aliphatic rings. The summed E-state index contributed by atoms with van der Waals surface area (Å²) in [6.07, 6.45) is 4.48. The van der Waals surface area contributed by atoms with Crippen LogP contribution in [0.2, 0.25) is 0 Å². The Labute approximate surface area is 177 Å². The highest BCUT2D eigenvalue weighted by molar-refractivity contribution is 7.89. The molecule has 2 aromatic carbocycles. The summed E-state index contributed by atoms with van der Waals surface area (Å²) < 4.78 is 39.0. The minimum atomic E-state index is -3.56. The molecule has 0 saturated heterocycles. The number of carbonyl (C=O) groups excluding carboxylic acids is 1. The third-order valence-electron chi connectivity index (χ3n) is 5.81. The van der Waals surface area contributed by atoms with Crippen molar-refractivity contribution in [1.29, 1.82) is 0 Å². The van der Waals surface area contributed by atoms with Gasteiger partial charge in [0.25, 0.3) is 5.91 Å². The third kappa shape index (κ3) is 3.77. The SMILES string of the molecule is COc1cccc(C(=O)N2CCc3cc(S(=O)(=O)NC4CCCC4)ccc32)c1OC. The van der Waals surface area contributed by atoms with E-state index in [-0.39, 0.29) is 16.8 Å². The summed E-state index contributed by atoms with van der Waals surface area (Å²) in [5.41, 5.74) is 1.98. The lowest BCUT2D eigenvalue weighted by Gasteiger charge is -2.20. The van der Waals surface area contributed by atoms with Crippen LogP contribution in [0.5, 0.6) is 11.5 Å². The summed E-state index contributed by atoms with van der Waals surface area (Å²) in [5, 5.41) is 0. The molecule has 1 aliphatic heterocycles. The molecule has 0 atom stereocenters. The first-order chi connectivity index (χ1) is 14.4. The van der Waals surface area contributed by atoms with Crippen molar-refractivity contribution in [3.63, 3.8) is 0 Å². The molecule has 8 heteroatoms. The lowest BCUT2D eigenvalue weighted by molar-refractivity contribution is 0.0985. The Hall–Kier alpha value is -2.58. The van der Waals surface area contributed by atoms with E-state index in [1.165, 1.54) is 14.2 Å². The third-order valence-corrected chi connectivity index (χ3v) is 7.33. The van der Waals surface area contributed by atoms with Crippen LogP contribution in [-0.2, 0) is 16.4 Å². The number of rotatable bonds is 6. The van der Waals surface area contributed by atoms with E-state index in [2.05, 4.69) is 4.72 Å². The van der Waals surface area contributed by atoms with Gasteiger partial charge in [-0.25, -0.2) is 13.1 Å². The zero-order valence-electron chi connectivity index (χ0n) is 17.2. The van der Waals surface area contributed by atoms with Gasteiger partial charge in [-0.1, -0.05) is 18.9 Å². The molecule has 0 aromatic heterocycles. The molecule has 1 saturated carbocycles. The standard InChI is InChI=1S/C22H26N2O5S/c1-28-20-9-5-8-18(21(20)29-2)22(25)24-13-12-15-14-17(10-11-19(15)24)30(26,27)23-16-6-3-4-7-16/h5,8-11,14,16,23H,3-4,6-7,12-13H2,1-2H3. The highest BCUT2D eigenvalue weighted by Gasteiger charge is 2.30. The van der Waals surface area contributed by atoms with Crippen LogP contribution in [0.25, 0.3) is 0 Å².